The first-order valence-electron chi connectivity index (χ1n) is 9.46. The molecule has 1 aromatic carbocycles. The van der Waals surface area contributed by atoms with Crippen LogP contribution in [0.5, 0.6) is 0 Å². The number of alkyl halides is 2. The van der Waals surface area contributed by atoms with Gasteiger partial charge in [0.2, 0.25) is 11.8 Å². The fraction of sp³-hybridized carbons (Fsp3) is 0.474. The molecule has 0 bridgehead atoms. The standard InChI is InChI=1S/C19H20F2N4O4/c20-19(21)9-22-6-5-10(19)8-23-11-1-2-12-13(7-11)18(29)25(17(12)28)14-3-4-15(26)24-16(14)27/h1-2,7,10,14,22-23H,3-6,8-9H2,(H,24,26,27). The van der Waals surface area contributed by atoms with E-state index in [-0.39, 0.29) is 37.1 Å². The van der Waals surface area contributed by atoms with Crippen LogP contribution in [0.4, 0.5) is 14.5 Å². The number of halogens is 2. The molecule has 2 saturated heterocycles. The van der Waals surface area contributed by atoms with Crippen LogP contribution in [-0.4, -0.2) is 60.1 Å². The molecule has 4 amide bonds. The third-order valence-electron chi connectivity index (χ3n) is 5.62. The Hall–Kier alpha value is -2.88. The van der Waals surface area contributed by atoms with Crippen molar-refractivity contribution >= 4 is 29.3 Å². The van der Waals surface area contributed by atoms with E-state index in [1.165, 1.54) is 12.1 Å². The number of hydrogen-bond donors (Lipinski definition) is 3. The van der Waals surface area contributed by atoms with Crippen molar-refractivity contribution in [2.75, 3.05) is 25.0 Å². The molecule has 0 radical (unpaired) electrons. The summed E-state index contributed by atoms with van der Waals surface area (Å²) in [6.07, 6.45) is 0.443. The lowest BCUT2D eigenvalue weighted by Gasteiger charge is -2.32. The van der Waals surface area contributed by atoms with Crippen molar-refractivity contribution in [3.8, 4) is 0 Å². The smallest absolute Gasteiger partial charge is 0.264 e. The van der Waals surface area contributed by atoms with Gasteiger partial charge >= 0.3 is 0 Å². The minimum atomic E-state index is -2.82. The number of piperidine rings is 2. The van der Waals surface area contributed by atoms with Gasteiger partial charge in [-0.2, -0.15) is 0 Å². The molecule has 2 unspecified atom stereocenters. The minimum absolute atomic E-state index is 0.0342. The van der Waals surface area contributed by atoms with Gasteiger partial charge in [-0.3, -0.25) is 29.4 Å². The molecule has 0 aromatic heterocycles. The number of nitrogens with one attached hydrogen (secondary N) is 3. The lowest BCUT2D eigenvalue weighted by molar-refractivity contribution is -0.136. The Morgan fingerprint density at radius 2 is 1.86 bits per heavy atom. The Labute approximate surface area is 165 Å². The first-order valence-corrected chi connectivity index (χ1v) is 9.46. The van der Waals surface area contributed by atoms with Crippen LogP contribution in [0.25, 0.3) is 0 Å². The van der Waals surface area contributed by atoms with E-state index in [1.54, 1.807) is 6.07 Å². The molecule has 0 spiro atoms. The third kappa shape index (κ3) is 3.48. The van der Waals surface area contributed by atoms with Gasteiger partial charge in [0, 0.05) is 24.6 Å². The molecular formula is C19H20F2N4O4. The molecule has 29 heavy (non-hydrogen) atoms. The van der Waals surface area contributed by atoms with Gasteiger partial charge in [-0.1, -0.05) is 0 Å². The molecule has 0 saturated carbocycles. The summed E-state index contributed by atoms with van der Waals surface area (Å²) in [5.41, 5.74) is 0.712. The van der Waals surface area contributed by atoms with Gasteiger partial charge in [0.25, 0.3) is 17.7 Å². The number of fused-ring (bicyclic) bond motifs is 1. The molecule has 154 valence electrons. The molecule has 2 fully saturated rings. The van der Waals surface area contributed by atoms with Crippen molar-refractivity contribution in [2.24, 2.45) is 5.92 Å². The van der Waals surface area contributed by atoms with E-state index in [0.29, 0.717) is 18.7 Å². The summed E-state index contributed by atoms with van der Waals surface area (Å²) in [7, 11) is 0. The van der Waals surface area contributed by atoms with Gasteiger partial charge in [-0.05, 0) is 37.6 Å². The summed E-state index contributed by atoms with van der Waals surface area (Å²) in [4.78, 5) is 49.7. The fourth-order valence-corrected chi connectivity index (χ4v) is 3.96. The highest BCUT2D eigenvalue weighted by Crippen LogP contribution is 2.32. The maximum Gasteiger partial charge on any atom is 0.264 e. The monoisotopic (exact) mass is 406 g/mol. The number of carbonyl (C=O) groups excluding carboxylic acids is 4. The molecule has 3 N–H and O–H groups in total. The molecule has 10 heteroatoms. The number of rotatable bonds is 4. The normalized spacial score (nSPS) is 26.3. The number of anilines is 1. The van der Waals surface area contributed by atoms with E-state index in [9.17, 15) is 28.0 Å². The van der Waals surface area contributed by atoms with Crippen LogP contribution < -0.4 is 16.0 Å². The molecule has 3 heterocycles. The number of imide groups is 2. The lowest BCUT2D eigenvalue weighted by atomic mass is 9.94. The molecule has 1 aromatic rings. The van der Waals surface area contributed by atoms with E-state index < -0.39 is 41.5 Å². The first kappa shape index (κ1) is 19.4. The second-order valence-electron chi connectivity index (χ2n) is 7.51. The quantitative estimate of drug-likeness (QED) is 0.637. The van der Waals surface area contributed by atoms with Crippen LogP contribution in [0.1, 0.15) is 40.0 Å². The number of hydrogen-bond acceptors (Lipinski definition) is 6. The number of carbonyl (C=O) groups is 4. The molecule has 4 rings (SSSR count). The zero-order valence-electron chi connectivity index (χ0n) is 15.5. The van der Waals surface area contributed by atoms with Crippen molar-refractivity contribution in [3.63, 3.8) is 0 Å². The van der Waals surface area contributed by atoms with E-state index in [0.717, 1.165) is 4.90 Å². The number of amides is 4. The highest BCUT2D eigenvalue weighted by molar-refractivity contribution is 6.23. The van der Waals surface area contributed by atoms with Crippen molar-refractivity contribution in [3.05, 3.63) is 29.3 Å². The zero-order chi connectivity index (χ0) is 20.8. The first-order chi connectivity index (χ1) is 13.8. The summed E-state index contributed by atoms with van der Waals surface area (Å²) < 4.78 is 27.9. The summed E-state index contributed by atoms with van der Waals surface area (Å²) >= 11 is 0. The van der Waals surface area contributed by atoms with Crippen molar-refractivity contribution in [1.29, 1.82) is 0 Å². The van der Waals surface area contributed by atoms with Gasteiger partial charge < -0.3 is 10.6 Å². The average Bonchev–Trinajstić information content (AvgIpc) is 2.91. The van der Waals surface area contributed by atoms with Crippen LogP contribution in [0, 0.1) is 5.92 Å². The van der Waals surface area contributed by atoms with Crippen LogP contribution in [0.2, 0.25) is 0 Å². The van der Waals surface area contributed by atoms with Crippen molar-refractivity contribution in [2.45, 2.75) is 31.2 Å². The molecule has 8 nitrogen and oxygen atoms in total. The van der Waals surface area contributed by atoms with Gasteiger partial charge in [0.05, 0.1) is 17.7 Å². The highest BCUT2D eigenvalue weighted by atomic mass is 19.3. The number of benzene rings is 1. The van der Waals surface area contributed by atoms with E-state index in [1.807, 2.05) is 0 Å². The Bertz CT molecular complexity index is 904. The van der Waals surface area contributed by atoms with Crippen LogP contribution in [0.3, 0.4) is 0 Å². The Kier molecular flexibility index (Phi) is 4.81. The average molecular weight is 406 g/mol. The zero-order valence-corrected chi connectivity index (χ0v) is 15.5. The lowest BCUT2D eigenvalue weighted by Crippen LogP contribution is -2.54. The van der Waals surface area contributed by atoms with Crippen LogP contribution in [0.15, 0.2) is 18.2 Å². The topological polar surface area (TPSA) is 108 Å². The van der Waals surface area contributed by atoms with Crippen molar-refractivity contribution < 1.29 is 28.0 Å². The van der Waals surface area contributed by atoms with Crippen LogP contribution >= 0.6 is 0 Å². The predicted molar refractivity (Wildman–Crippen MR) is 97.5 cm³/mol. The summed E-state index contributed by atoms with van der Waals surface area (Å²) in [5, 5.41) is 7.74. The fourth-order valence-electron chi connectivity index (χ4n) is 3.96. The van der Waals surface area contributed by atoms with E-state index in [2.05, 4.69) is 16.0 Å². The van der Waals surface area contributed by atoms with Gasteiger partial charge in [-0.25, -0.2) is 8.78 Å². The SMILES string of the molecule is O=C1CCC(N2C(=O)c3ccc(NCC4CCNCC4(F)F)cc3C2=O)C(=O)N1. The maximum absolute atomic E-state index is 14.0. The molecule has 3 aliphatic heterocycles. The van der Waals surface area contributed by atoms with Gasteiger partial charge in [-0.15, -0.1) is 0 Å². The van der Waals surface area contributed by atoms with Gasteiger partial charge in [0.15, 0.2) is 0 Å². The maximum atomic E-state index is 14.0. The van der Waals surface area contributed by atoms with E-state index >= 15 is 0 Å². The second kappa shape index (κ2) is 7.18. The summed E-state index contributed by atoms with van der Waals surface area (Å²) in [5.74, 6) is -6.01. The number of nitrogens with zero attached hydrogens (tertiary/aromatic N) is 1. The van der Waals surface area contributed by atoms with Crippen molar-refractivity contribution in [1.82, 2.24) is 15.5 Å². The predicted octanol–water partition coefficient (Wildman–Crippen LogP) is 0.744. The Morgan fingerprint density at radius 1 is 1.10 bits per heavy atom. The largest absolute Gasteiger partial charge is 0.385 e. The minimum Gasteiger partial charge on any atom is -0.385 e. The van der Waals surface area contributed by atoms with Crippen LogP contribution in [-0.2, 0) is 9.59 Å². The van der Waals surface area contributed by atoms with Gasteiger partial charge in [0.1, 0.15) is 6.04 Å². The Morgan fingerprint density at radius 3 is 2.59 bits per heavy atom. The second-order valence-corrected chi connectivity index (χ2v) is 7.51. The highest BCUT2D eigenvalue weighted by Gasteiger charge is 2.45. The molecule has 0 aliphatic carbocycles. The third-order valence-corrected chi connectivity index (χ3v) is 5.62. The Balaban J connectivity index is 1.50. The molecular weight excluding hydrogens is 386 g/mol. The molecule has 3 aliphatic rings. The molecule has 2 atom stereocenters. The van der Waals surface area contributed by atoms with E-state index in [4.69, 9.17) is 0 Å². The summed E-state index contributed by atoms with van der Waals surface area (Å²) in [6, 6.07) is 3.41. The summed E-state index contributed by atoms with van der Waals surface area (Å²) in [6.45, 7) is 0.184.